The lowest BCUT2D eigenvalue weighted by Gasteiger charge is -2.14. The van der Waals surface area contributed by atoms with Gasteiger partial charge in [-0.3, -0.25) is 4.72 Å². The van der Waals surface area contributed by atoms with Gasteiger partial charge in [-0.25, -0.2) is 9.59 Å². The zero-order valence-corrected chi connectivity index (χ0v) is 12.9. The van der Waals surface area contributed by atoms with E-state index in [-0.39, 0.29) is 16.8 Å². The summed E-state index contributed by atoms with van der Waals surface area (Å²) in [6.45, 7) is 0. The van der Waals surface area contributed by atoms with Gasteiger partial charge in [-0.15, -0.1) is 0 Å². The smallest absolute Gasteiger partial charge is 0.337 e. The van der Waals surface area contributed by atoms with Gasteiger partial charge in [-0.1, -0.05) is 0 Å². The second-order valence-electron chi connectivity index (χ2n) is 4.17. The summed E-state index contributed by atoms with van der Waals surface area (Å²) < 4.78 is 35.9. The molecule has 0 aliphatic carbocycles. The normalized spacial score (nSPS) is 11.1. The molecular formula is C12H16N2O6S. The van der Waals surface area contributed by atoms with Gasteiger partial charge in [0.15, 0.2) is 0 Å². The minimum atomic E-state index is -3.77. The number of nitrogens with one attached hydrogen (secondary N) is 1. The van der Waals surface area contributed by atoms with Crippen LogP contribution in [0.1, 0.15) is 20.7 Å². The molecule has 0 atom stereocenters. The molecule has 116 valence electrons. The van der Waals surface area contributed by atoms with E-state index in [2.05, 4.69) is 14.2 Å². The van der Waals surface area contributed by atoms with Crippen LogP contribution in [0.25, 0.3) is 0 Å². The van der Waals surface area contributed by atoms with Crippen LogP contribution >= 0.6 is 0 Å². The Morgan fingerprint density at radius 2 is 1.43 bits per heavy atom. The third kappa shape index (κ3) is 4.17. The predicted octanol–water partition coefficient (Wildman–Crippen LogP) is 0.478. The van der Waals surface area contributed by atoms with Crippen molar-refractivity contribution in [2.75, 3.05) is 33.0 Å². The number of hydrogen-bond acceptors (Lipinski definition) is 6. The number of esters is 2. The van der Waals surface area contributed by atoms with Gasteiger partial charge in [0, 0.05) is 14.1 Å². The average molecular weight is 316 g/mol. The zero-order chi connectivity index (χ0) is 16.2. The van der Waals surface area contributed by atoms with Crippen LogP contribution in [-0.4, -0.2) is 53.0 Å². The summed E-state index contributed by atoms with van der Waals surface area (Å²) in [6, 6.07) is 3.78. The van der Waals surface area contributed by atoms with Crippen LogP contribution in [0.4, 0.5) is 5.69 Å². The summed E-state index contributed by atoms with van der Waals surface area (Å²) in [6.07, 6.45) is 0. The standard InChI is InChI=1S/C12H16N2O6S/c1-14(2)21(17,18)13-10-6-8(11(15)19-3)5-9(7-10)12(16)20-4/h5-7,13H,1-4H3. The second-order valence-corrected chi connectivity index (χ2v) is 6.06. The van der Waals surface area contributed by atoms with E-state index in [4.69, 9.17) is 0 Å². The van der Waals surface area contributed by atoms with Crippen LogP contribution in [0.5, 0.6) is 0 Å². The molecule has 0 aliphatic rings. The molecule has 1 aromatic rings. The number of methoxy groups -OCH3 is 2. The Morgan fingerprint density at radius 3 is 1.76 bits per heavy atom. The van der Waals surface area contributed by atoms with E-state index in [0.717, 1.165) is 4.31 Å². The Labute approximate surface area is 122 Å². The summed E-state index contributed by atoms with van der Waals surface area (Å²) in [7, 11) is 1.27. The monoisotopic (exact) mass is 316 g/mol. The van der Waals surface area contributed by atoms with Crippen molar-refractivity contribution in [3.63, 3.8) is 0 Å². The van der Waals surface area contributed by atoms with Crippen LogP contribution in [0.2, 0.25) is 0 Å². The molecule has 0 heterocycles. The summed E-state index contributed by atoms with van der Waals surface area (Å²) in [5, 5.41) is 0. The number of carbonyl (C=O) groups excluding carboxylic acids is 2. The quantitative estimate of drug-likeness (QED) is 0.793. The Bertz CT molecular complexity index is 619. The first-order valence-corrected chi connectivity index (χ1v) is 7.17. The molecular weight excluding hydrogens is 300 g/mol. The highest BCUT2D eigenvalue weighted by atomic mass is 32.2. The highest BCUT2D eigenvalue weighted by Gasteiger charge is 2.18. The van der Waals surface area contributed by atoms with E-state index in [9.17, 15) is 18.0 Å². The summed E-state index contributed by atoms with van der Waals surface area (Å²) in [5.74, 6) is -1.41. The fraction of sp³-hybridized carbons (Fsp3) is 0.333. The fourth-order valence-corrected chi connectivity index (χ4v) is 2.00. The molecule has 1 N–H and O–H groups in total. The number of rotatable bonds is 5. The van der Waals surface area contributed by atoms with Gasteiger partial charge in [-0.05, 0) is 18.2 Å². The molecule has 0 aromatic heterocycles. The van der Waals surface area contributed by atoms with Crippen molar-refractivity contribution in [3.05, 3.63) is 29.3 Å². The zero-order valence-electron chi connectivity index (χ0n) is 12.0. The van der Waals surface area contributed by atoms with Crippen molar-refractivity contribution in [3.8, 4) is 0 Å². The molecule has 0 saturated carbocycles. The second kappa shape index (κ2) is 6.55. The van der Waals surface area contributed by atoms with Gasteiger partial charge in [0.25, 0.3) is 0 Å². The van der Waals surface area contributed by atoms with Crippen LogP contribution in [0.15, 0.2) is 18.2 Å². The number of anilines is 1. The van der Waals surface area contributed by atoms with Crippen LogP contribution < -0.4 is 4.72 Å². The SMILES string of the molecule is COC(=O)c1cc(NS(=O)(=O)N(C)C)cc(C(=O)OC)c1. The van der Waals surface area contributed by atoms with E-state index < -0.39 is 22.1 Å². The maximum Gasteiger partial charge on any atom is 0.337 e. The number of nitrogens with zero attached hydrogens (tertiary/aromatic N) is 1. The van der Waals surface area contributed by atoms with Crippen molar-refractivity contribution in [1.29, 1.82) is 0 Å². The molecule has 0 amide bonds. The number of carbonyl (C=O) groups is 2. The summed E-state index contributed by atoms with van der Waals surface area (Å²) in [5.41, 5.74) is 0.0979. The molecule has 0 bridgehead atoms. The van der Waals surface area contributed by atoms with Gasteiger partial charge in [-0.2, -0.15) is 12.7 Å². The van der Waals surface area contributed by atoms with Crippen molar-refractivity contribution in [2.24, 2.45) is 0 Å². The molecule has 0 saturated heterocycles. The number of benzene rings is 1. The lowest BCUT2D eigenvalue weighted by atomic mass is 10.1. The van der Waals surface area contributed by atoms with E-state index >= 15 is 0 Å². The van der Waals surface area contributed by atoms with Gasteiger partial charge in [0.2, 0.25) is 0 Å². The largest absolute Gasteiger partial charge is 0.465 e. The Kier molecular flexibility index (Phi) is 5.28. The highest BCUT2D eigenvalue weighted by Crippen LogP contribution is 2.18. The first-order chi connectivity index (χ1) is 9.71. The minimum Gasteiger partial charge on any atom is -0.465 e. The Morgan fingerprint density at radius 1 is 1.00 bits per heavy atom. The molecule has 0 fully saturated rings. The number of hydrogen-bond donors (Lipinski definition) is 1. The minimum absolute atomic E-state index is 0.0249. The maximum atomic E-state index is 11.8. The lowest BCUT2D eigenvalue weighted by Crippen LogP contribution is -2.29. The summed E-state index contributed by atoms with van der Waals surface area (Å²) >= 11 is 0. The van der Waals surface area contributed by atoms with Gasteiger partial charge in [0.05, 0.1) is 31.0 Å². The molecule has 8 nitrogen and oxygen atoms in total. The van der Waals surface area contributed by atoms with Gasteiger partial charge < -0.3 is 9.47 Å². The maximum absolute atomic E-state index is 11.8. The van der Waals surface area contributed by atoms with Crippen LogP contribution in [0.3, 0.4) is 0 Å². The molecule has 0 aliphatic heterocycles. The molecule has 21 heavy (non-hydrogen) atoms. The summed E-state index contributed by atoms with van der Waals surface area (Å²) in [4.78, 5) is 23.1. The van der Waals surface area contributed by atoms with Crippen LogP contribution in [-0.2, 0) is 19.7 Å². The van der Waals surface area contributed by atoms with E-state index in [1.165, 1.54) is 46.5 Å². The first-order valence-electron chi connectivity index (χ1n) is 5.73. The van der Waals surface area contributed by atoms with E-state index in [1.54, 1.807) is 0 Å². The van der Waals surface area contributed by atoms with Gasteiger partial charge in [0.1, 0.15) is 0 Å². The third-order valence-corrected chi connectivity index (χ3v) is 3.96. The third-order valence-electron chi connectivity index (χ3n) is 2.50. The average Bonchev–Trinajstić information content (AvgIpc) is 2.44. The molecule has 9 heteroatoms. The van der Waals surface area contributed by atoms with Crippen LogP contribution in [0, 0.1) is 0 Å². The molecule has 0 unspecified atom stereocenters. The Hall–Kier alpha value is -2.13. The molecule has 0 radical (unpaired) electrons. The van der Waals surface area contributed by atoms with E-state index in [1.807, 2.05) is 0 Å². The van der Waals surface area contributed by atoms with E-state index in [0.29, 0.717) is 0 Å². The predicted molar refractivity (Wildman–Crippen MR) is 75.4 cm³/mol. The first kappa shape index (κ1) is 16.9. The van der Waals surface area contributed by atoms with Crippen molar-refractivity contribution in [2.45, 2.75) is 0 Å². The fourth-order valence-electron chi connectivity index (χ4n) is 1.40. The molecule has 1 rings (SSSR count). The number of ether oxygens (including phenoxy) is 2. The van der Waals surface area contributed by atoms with Crippen molar-refractivity contribution < 1.29 is 27.5 Å². The van der Waals surface area contributed by atoms with Crippen molar-refractivity contribution in [1.82, 2.24) is 4.31 Å². The molecule has 0 spiro atoms. The van der Waals surface area contributed by atoms with Gasteiger partial charge >= 0.3 is 22.1 Å². The van der Waals surface area contributed by atoms with Crippen molar-refractivity contribution >= 4 is 27.8 Å². The topological polar surface area (TPSA) is 102 Å². The Balaban J connectivity index is 3.32. The highest BCUT2D eigenvalue weighted by molar-refractivity contribution is 7.90. The molecule has 1 aromatic carbocycles. The lowest BCUT2D eigenvalue weighted by molar-refractivity contribution is 0.0599.